The summed E-state index contributed by atoms with van der Waals surface area (Å²) < 4.78 is 4.67. The first-order chi connectivity index (χ1) is 14.1. The Kier molecular flexibility index (Phi) is 6.32. The zero-order valence-electron chi connectivity index (χ0n) is 15.7. The Morgan fingerprint density at radius 2 is 1.59 bits per heavy atom. The number of aromatic nitrogens is 1. The Bertz CT molecular complexity index is 1030. The lowest BCUT2D eigenvalue weighted by Crippen LogP contribution is -2.23. The summed E-state index contributed by atoms with van der Waals surface area (Å²) in [6.07, 6.45) is 2.77. The lowest BCUT2D eigenvalue weighted by Gasteiger charge is -2.08. The van der Waals surface area contributed by atoms with Crippen LogP contribution in [0.1, 0.15) is 36.6 Å². The third kappa shape index (κ3) is 5.26. The Hall–Kier alpha value is -4.00. The van der Waals surface area contributed by atoms with Crippen molar-refractivity contribution in [3.8, 4) is 0 Å². The molecule has 146 valence electrons. The minimum Gasteiger partial charge on any atom is -0.465 e. The normalized spacial score (nSPS) is 10.1. The van der Waals surface area contributed by atoms with E-state index in [0.29, 0.717) is 17.8 Å². The first-order valence-corrected chi connectivity index (χ1v) is 8.84. The third-order valence-electron chi connectivity index (χ3n) is 4.10. The number of methoxy groups -OCH3 is 1. The summed E-state index contributed by atoms with van der Waals surface area (Å²) in [4.78, 5) is 40.5. The highest BCUT2D eigenvalue weighted by Crippen LogP contribution is 2.13. The molecule has 0 bridgehead atoms. The topological polar surface area (TPSA) is 97.4 Å². The van der Waals surface area contributed by atoms with Crippen LogP contribution in [-0.4, -0.2) is 29.9 Å². The summed E-state index contributed by atoms with van der Waals surface area (Å²) in [5.74, 6) is -1.28. The van der Waals surface area contributed by atoms with E-state index in [2.05, 4.69) is 20.4 Å². The van der Waals surface area contributed by atoms with Gasteiger partial charge in [0, 0.05) is 24.6 Å². The van der Waals surface area contributed by atoms with Crippen molar-refractivity contribution in [3.63, 3.8) is 0 Å². The summed E-state index contributed by atoms with van der Waals surface area (Å²) in [6, 6.07) is 17.3. The van der Waals surface area contributed by atoms with Gasteiger partial charge >= 0.3 is 5.97 Å². The molecule has 1 heterocycles. The van der Waals surface area contributed by atoms with Gasteiger partial charge in [-0.2, -0.15) is 0 Å². The van der Waals surface area contributed by atoms with Crippen LogP contribution < -0.4 is 10.6 Å². The van der Waals surface area contributed by atoms with Gasteiger partial charge in [0.1, 0.15) is 0 Å². The predicted molar refractivity (Wildman–Crippen MR) is 108 cm³/mol. The van der Waals surface area contributed by atoms with Crippen molar-refractivity contribution in [2.75, 3.05) is 12.4 Å². The minimum absolute atomic E-state index is 0.223. The molecule has 0 unspecified atom stereocenters. The minimum atomic E-state index is -0.500. The van der Waals surface area contributed by atoms with E-state index in [1.54, 1.807) is 18.2 Å². The van der Waals surface area contributed by atoms with Gasteiger partial charge < -0.3 is 15.4 Å². The zero-order chi connectivity index (χ0) is 20.6. The van der Waals surface area contributed by atoms with Crippen LogP contribution in [0.15, 0.2) is 73.1 Å². The van der Waals surface area contributed by atoms with E-state index in [1.165, 1.54) is 31.6 Å². The molecule has 0 aliphatic heterocycles. The number of hydrogen-bond acceptors (Lipinski definition) is 5. The molecule has 0 aliphatic carbocycles. The van der Waals surface area contributed by atoms with Gasteiger partial charge in [0.2, 0.25) is 0 Å². The predicted octanol–water partition coefficient (Wildman–Crippen LogP) is 3.05. The van der Waals surface area contributed by atoms with Crippen LogP contribution in [0, 0.1) is 0 Å². The number of benzene rings is 2. The van der Waals surface area contributed by atoms with Gasteiger partial charge in [0.05, 0.1) is 23.8 Å². The highest BCUT2D eigenvalue weighted by Gasteiger charge is 2.13. The fraction of sp³-hybridized carbons (Fsp3) is 0.0909. The molecule has 7 nitrogen and oxygen atoms in total. The lowest BCUT2D eigenvalue weighted by atomic mass is 10.1. The van der Waals surface area contributed by atoms with Gasteiger partial charge in [-0.1, -0.05) is 36.4 Å². The highest BCUT2D eigenvalue weighted by molar-refractivity contribution is 6.06. The second-order valence-corrected chi connectivity index (χ2v) is 6.16. The van der Waals surface area contributed by atoms with E-state index in [1.807, 2.05) is 30.3 Å². The molecule has 2 N–H and O–H groups in total. The number of carbonyl (C=O) groups excluding carboxylic acids is 3. The molecule has 1 aromatic heterocycles. The maximum Gasteiger partial charge on any atom is 0.337 e. The molecule has 0 atom stereocenters. The van der Waals surface area contributed by atoms with Crippen LogP contribution in [-0.2, 0) is 11.3 Å². The maximum atomic E-state index is 12.5. The van der Waals surface area contributed by atoms with Crippen LogP contribution in [0.2, 0.25) is 0 Å². The summed E-state index contributed by atoms with van der Waals surface area (Å²) in [5.41, 5.74) is 2.21. The Balaban J connectivity index is 1.67. The number of hydrogen-bond donors (Lipinski definition) is 2. The molecule has 0 saturated heterocycles. The standard InChI is InChI=1S/C22H19N3O4/c1-29-22(28)16-8-5-9-19(11-16)25-21(27)18-10-17(13-23-14-18)20(26)24-12-15-6-3-2-4-7-15/h2-11,13-14H,12H2,1H3,(H,24,26)(H,25,27). The van der Waals surface area contributed by atoms with E-state index in [4.69, 9.17) is 0 Å². The van der Waals surface area contributed by atoms with Crippen LogP contribution in [0.4, 0.5) is 5.69 Å². The lowest BCUT2D eigenvalue weighted by molar-refractivity contribution is 0.0600. The van der Waals surface area contributed by atoms with Crippen molar-refractivity contribution in [2.24, 2.45) is 0 Å². The van der Waals surface area contributed by atoms with Crippen molar-refractivity contribution in [2.45, 2.75) is 6.54 Å². The van der Waals surface area contributed by atoms with Crippen molar-refractivity contribution in [1.29, 1.82) is 0 Å². The molecule has 0 fully saturated rings. The summed E-state index contributed by atoms with van der Waals surface area (Å²) in [6.45, 7) is 0.371. The largest absolute Gasteiger partial charge is 0.465 e. The van der Waals surface area contributed by atoms with Gasteiger partial charge in [-0.15, -0.1) is 0 Å². The Morgan fingerprint density at radius 3 is 2.31 bits per heavy atom. The van der Waals surface area contributed by atoms with Crippen LogP contribution in [0.3, 0.4) is 0 Å². The van der Waals surface area contributed by atoms with Gasteiger partial charge in [0.15, 0.2) is 0 Å². The molecule has 0 spiro atoms. The SMILES string of the molecule is COC(=O)c1cccc(NC(=O)c2cncc(C(=O)NCc3ccccc3)c2)c1. The van der Waals surface area contributed by atoms with E-state index in [-0.39, 0.29) is 17.0 Å². The van der Waals surface area contributed by atoms with Crippen LogP contribution in [0.25, 0.3) is 0 Å². The Labute approximate surface area is 167 Å². The van der Waals surface area contributed by atoms with Crippen LogP contribution >= 0.6 is 0 Å². The maximum absolute atomic E-state index is 12.5. The number of pyridine rings is 1. The third-order valence-corrected chi connectivity index (χ3v) is 4.10. The number of esters is 1. The van der Waals surface area contributed by atoms with Crippen molar-refractivity contribution in [3.05, 3.63) is 95.3 Å². The fourth-order valence-corrected chi connectivity index (χ4v) is 2.61. The summed E-state index contributed by atoms with van der Waals surface area (Å²) in [7, 11) is 1.29. The van der Waals surface area contributed by atoms with E-state index >= 15 is 0 Å². The molecule has 7 heteroatoms. The van der Waals surface area contributed by atoms with Crippen molar-refractivity contribution >= 4 is 23.5 Å². The molecule has 2 amide bonds. The smallest absolute Gasteiger partial charge is 0.337 e. The first kappa shape index (κ1) is 19.8. The van der Waals surface area contributed by atoms with Crippen molar-refractivity contribution < 1.29 is 19.1 Å². The number of nitrogens with one attached hydrogen (secondary N) is 2. The van der Waals surface area contributed by atoms with Crippen LogP contribution in [0.5, 0.6) is 0 Å². The summed E-state index contributed by atoms with van der Waals surface area (Å²) >= 11 is 0. The molecule has 0 saturated carbocycles. The van der Waals surface area contributed by atoms with E-state index in [9.17, 15) is 14.4 Å². The zero-order valence-corrected chi connectivity index (χ0v) is 15.7. The van der Waals surface area contributed by atoms with Gasteiger partial charge in [0.25, 0.3) is 11.8 Å². The number of rotatable bonds is 6. The second kappa shape index (κ2) is 9.27. The van der Waals surface area contributed by atoms with Gasteiger partial charge in [-0.3, -0.25) is 14.6 Å². The average Bonchev–Trinajstić information content (AvgIpc) is 2.77. The van der Waals surface area contributed by atoms with E-state index < -0.39 is 11.9 Å². The molecule has 3 aromatic rings. The number of ether oxygens (including phenoxy) is 1. The summed E-state index contributed by atoms with van der Waals surface area (Å²) in [5, 5.41) is 5.48. The number of anilines is 1. The first-order valence-electron chi connectivity index (χ1n) is 8.84. The quantitative estimate of drug-likeness (QED) is 0.632. The van der Waals surface area contributed by atoms with Crippen molar-refractivity contribution in [1.82, 2.24) is 10.3 Å². The van der Waals surface area contributed by atoms with Gasteiger partial charge in [-0.05, 0) is 29.8 Å². The van der Waals surface area contributed by atoms with E-state index in [0.717, 1.165) is 5.56 Å². The second-order valence-electron chi connectivity index (χ2n) is 6.16. The number of amides is 2. The Morgan fingerprint density at radius 1 is 0.862 bits per heavy atom. The van der Waals surface area contributed by atoms with Gasteiger partial charge in [-0.25, -0.2) is 4.79 Å². The number of nitrogens with zero attached hydrogens (tertiary/aromatic N) is 1. The molecular weight excluding hydrogens is 370 g/mol. The highest BCUT2D eigenvalue weighted by atomic mass is 16.5. The molecule has 3 rings (SSSR count). The number of carbonyl (C=O) groups is 3. The fourth-order valence-electron chi connectivity index (χ4n) is 2.61. The monoisotopic (exact) mass is 389 g/mol. The molecule has 2 aromatic carbocycles. The molecular formula is C22H19N3O4. The average molecular weight is 389 g/mol. The molecule has 29 heavy (non-hydrogen) atoms. The molecule has 0 radical (unpaired) electrons. The molecule has 0 aliphatic rings.